The molecule has 1 atom stereocenters. The van der Waals surface area contributed by atoms with Crippen LogP contribution >= 0.6 is 11.8 Å². The second kappa shape index (κ2) is 9.55. The Morgan fingerprint density at radius 3 is 2.68 bits per heavy atom. The molecule has 28 heavy (non-hydrogen) atoms. The summed E-state index contributed by atoms with van der Waals surface area (Å²) in [6.45, 7) is 0.485. The van der Waals surface area contributed by atoms with Crippen LogP contribution in [-0.4, -0.2) is 43.7 Å². The maximum Gasteiger partial charge on any atom is 0.220 e. The first kappa shape index (κ1) is 20.1. The Morgan fingerprint density at radius 1 is 1.11 bits per heavy atom. The summed E-state index contributed by atoms with van der Waals surface area (Å²) in [5.74, 6) is 2.17. The van der Waals surface area contributed by atoms with E-state index in [0.29, 0.717) is 24.5 Å². The van der Waals surface area contributed by atoms with E-state index >= 15 is 0 Å². The number of carbonyl (C=O) groups is 1. The van der Waals surface area contributed by atoms with Crippen molar-refractivity contribution in [3.8, 4) is 11.5 Å². The molecule has 1 aromatic heterocycles. The lowest BCUT2D eigenvalue weighted by Crippen LogP contribution is -2.29. The molecule has 0 saturated carbocycles. The average molecular weight is 399 g/mol. The van der Waals surface area contributed by atoms with Gasteiger partial charge < -0.3 is 19.8 Å². The smallest absolute Gasteiger partial charge is 0.220 e. The van der Waals surface area contributed by atoms with Gasteiger partial charge >= 0.3 is 0 Å². The van der Waals surface area contributed by atoms with Crippen LogP contribution in [0.5, 0.6) is 11.5 Å². The van der Waals surface area contributed by atoms with Gasteiger partial charge in [0.25, 0.3) is 0 Å². The van der Waals surface area contributed by atoms with E-state index in [1.807, 2.05) is 42.8 Å². The molecular weight excluding hydrogens is 372 g/mol. The van der Waals surface area contributed by atoms with Crippen LogP contribution in [0.4, 0.5) is 0 Å². The highest BCUT2D eigenvalue weighted by atomic mass is 32.2. The van der Waals surface area contributed by atoms with Crippen molar-refractivity contribution in [1.29, 1.82) is 0 Å². The van der Waals surface area contributed by atoms with E-state index in [9.17, 15) is 4.79 Å². The first-order chi connectivity index (χ1) is 13.7. The van der Waals surface area contributed by atoms with Crippen LogP contribution in [-0.2, 0) is 4.79 Å². The van der Waals surface area contributed by atoms with E-state index in [1.165, 1.54) is 0 Å². The number of aromatic nitrogens is 1. The van der Waals surface area contributed by atoms with Crippen molar-refractivity contribution in [3.05, 3.63) is 59.8 Å². The fraction of sp³-hybridized carbons (Fsp3) is 0.318. The van der Waals surface area contributed by atoms with Crippen molar-refractivity contribution in [2.24, 2.45) is 0 Å². The fourth-order valence-corrected chi connectivity index (χ4v) is 3.84. The summed E-state index contributed by atoms with van der Waals surface area (Å²) in [5, 5.41) is 4.23. The minimum atomic E-state index is -0.0700. The number of carbonyl (C=O) groups excluding carboxylic acids is 1. The Bertz CT molecular complexity index is 938. The Labute approximate surface area is 169 Å². The second-order valence-electron chi connectivity index (χ2n) is 6.47. The van der Waals surface area contributed by atoms with Gasteiger partial charge in [0.2, 0.25) is 5.91 Å². The molecule has 2 N–H and O–H groups in total. The highest BCUT2D eigenvalue weighted by Gasteiger charge is 2.24. The molecule has 0 aliphatic carbocycles. The molecule has 0 fully saturated rings. The Hall–Kier alpha value is -2.60. The summed E-state index contributed by atoms with van der Waals surface area (Å²) in [4.78, 5) is 15.6. The van der Waals surface area contributed by atoms with Gasteiger partial charge in [-0.15, -0.1) is 0 Å². The van der Waals surface area contributed by atoms with E-state index in [4.69, 9.17) is 9.47 Å². The van der Waals surface area contributed by atoms with Gasteiger partial charge in [-0.2, -0.15) is 11.8 Å². The third-order valence-corrected chi connectivity index (χ3v) is 5.45. The van der Waals surface area contributed by atoms with Crippen LogP contribution in [0.25, 0.3) is 10.9 Å². The number of para-hydroxylation sites is 2. The monoisotopic (exact) mass is 398 g/mol. The molecule has 148 valence electrons. The average Bonchev–Trinajstić information content (AvgIpc) is 3.16. The summed E-state index contributed by atoms with van der Waals surface area (Å²) in [6.07, 6.45) is 4.53. The maximum atomic E-state index is 12.3. The highest BCUT2D eigenvalue weighted by molar-refractivity contribution is 7.98. The molecule has 0 saturated heterocycles. The van der Waals surface area contributed by atoms with Crippen molar-refractivity contribution in [2.75, 3.05) is 32.8 Å². The van der Waals surface area contributed by atoms with Crippen molar-refractivity contribution in [2.45, 2.75) is 12.3 Å². The number of ether oxygens (including phenoxy) is 2. The lowest BCUT2D eigenvalue weighted by Gasteiger charge is -2.22. The molecule has 0 radical (unpaired) electrons. The third kappa shape index (κ3) is 4.28. The molecule has 3 rings (SSSR count). The van der Waals surface area contributed by atoms with Gasteiger partial charge in [-0.25, -0.2) is 0 Å². The number of hydrogen-bond donors (Lipinski definition) is 2. The molecule has 0 aliphatic rings. The summed E-state index contributed by atoms with van der Waals surface area (Å²) >= 11 is 1.67. The van der Waals surface area contributed by atoms with Gasteiger partial charge in [0.15, 0.2) is 11.5 Å². The quantitative estimate of drug-likeness (QED) is 0.567. The molecule has 1 amide bonds. The predicted molar refractivity (Wildman–Crippen MR) is 116 cm³/mol. The zero-order valence-corrected chi connectivity index (χ0v) is 17.3. The van der Waals surface area contributed by atoms with E-state index in [1.54, 1.807) is 26.0 Å². The lowest BCUT2D eigenvalue weighted by molar-refractivity contribution is -0.120. The molecule has 0 aliphatic heterocycles. The van der Waals surface area contributed by atoms with Crippen molar-refractivity contribution < 1.29 is 14.3 Å². The standard InChI is InChI=1S/C22H26N2O3S/c1-26-20-10-6-8-16(22(20)27-2)18(14-24-21(25)11-12-28-3)17-13-23-19-9-5-4-7-15(17)19/h4-10,13,18,23H,11-12,14H2,1-3H3,(H,24,25). The molecule has 2 aromatic carbocycles. The molecule has 0 bridgehead atoms. The first-order valence-corrected chi connectivity index (χ1v) is 10.6. The van der Waals surface area contributed by atoms with Crippen LogP contribution in [0, 0.1) is 0 Å². The van der Waals surface area contributed by atoms with E-state index in [0.717, 1.165) is 27.8 Å². The first-order valence-electron chi connectivity index (χ1n) is 9.22. The number of hydrogen-bond acceptors (Lipinski definition) is 4. The highest BCUT2D eigenvalue weighted by Crippen LogP contribution is 2.40. The minimum Gasteiger partial charge on any atom is -0.493 e. The zero-order valence-electron chi connectivity index (χ0n) is 16.5. The van der Waals surface area contributed by atoms with Gasteiger partial charge in [-0.05, 0) is 24.0 Å². The largest absolute Gasteiger partial charge is 0.493 e. The second-order valence-corrected chi connectivity index (χ2v) is 7.46. The van der Waals surface area contributed by atoms with E-state index in [-0.39, 0.29) is 11.8 Å². The van der Waals surface area contributed by atoms with E-state index < -0.39 is 0 Å². The Balaban J connectivity index is 2.01. The van der Waals surface area contributed by atoms with Gasteiger partial charge in [-0.3, -0.25) is 4.79 Å². The van der Waals surface area contributed by atoms with Crippen molar-refractivity contribution in [3.63, 3.8) is 0 Å². The van der Waals surface area contributed by atoms with Crippen LogP contribution in [0.1, 0.15) is 23.5 Å². The number of fused-ring (bicyclic) bond motifs is 1. The summed E-state index contributed by atoms with van der Waals surface area (Å²) in [6, 6.07) is 14.0. The summed E-state index contributed by atoms with van der Waals surface area (Å²) < 4.78 is 11.2. The Morgan fingerprint density at radius 2 is 1.93 bits per heavy atom. The van der Waals surface area contributed by atoms with Crippen LogP contribution in [0.2, 0.25) is 0 Å². The predicted octanol–water partition coefficient (Wildman–Crippen LogP) is 4.19. The van der Waals surface area contributed by atoms with Gasteiger partial charge in [-0.1, -0.05) is 30.3 Å². The molecule has 1 unspecified atom stereocenters. The third-order valence-electron chi connectivity index (χ3n) is 4.84. The van der Waals surface area contributed by atoms with Gasteiger partial charge in [0.05, 0.1) is 14.2 Å². The number of benzene rings is 2. The number of nitrogens with one attached hydrogen (secondary N) is 2. The van der Waals surface area contributed by atoms with Gasteiger partial charge in [0, 0.05) is 47.3 Å². The molecule has 0 spiro atoms. The minimum absolute atomic E-state index is 0.0565. The maximum absolute atomic E-state index is 12.3. The number of thioether (sulfide) groups is 1. The van der Waals surface area contributed by atoms with E-state index in [2.05, 4.69) is 22.4 Å². The zero-order chi connectivity index (χ0) is 19.9. The molecule has 1 heterocycles. The summed E-state index contributed by atoms with van der Waals surface area (Å²) in [5.41, 5.74) is 3.17. The van der Waals surface area contributed by atoms with Crippen molar-refractivity contribution in [1.82, 2.24) is 10.3 Å². The van der Waals surface area contributed by atoms with Crippen LogP contribution in [0.3, 0.4) is 0 Å². The van der Waals surface area contributed by atoms with Crippen LogP contribution in [0.15, 0.2) is 48.7 Å². The van der Waals surface area contributed by atoms with Gasteiger partial charge in [0.1, 0.15) is 0 Å². The Kier molecular flexibility index (Phi) is 6.87. The fourth-order valence-electron chi connectivity index (χ4n) is 3.46. The molecule has 5 nitrogen and oxygen atoms in total. The van der Waals surface area contributed by atoms with Crippen molar-refractivity contribution >= 4 is 28.6 Å². The van der Waals surface area contributed by atoms with Crippen LogP contribution < -0.4 is 14.8 Å². The molecule has 3 aromatic rings. The summed E-state index contributed by atoms with van der Waals surface area (Å²) in [7, 11) is 3.28. The number of amides is 1. The lowest BCUT2D eigenvalue weighted by atomic mass is 9.89. The number of aromatic amines is 1. The topological polar surface area (TPSA) is 63.3 Å². The number of rotatable bonds is 9. The molecular formula is C22H26N2O3S. The number of methoxy groups -OCH3 is 2. The number of H-pyrrole nitrogens is 1. The normalized spacial score (nSPS) is 12.0. The SMILES string of the molecule is COc1cccc(C(CNC(=O)CCSC)c2c[nH]c3ccccc23)c1OC. The molecule has 6 heteroatoms.